The molecular formula is C16H14N4O2. The Morgan fingerprint density at radius 1 is 1.18 bits per heavy atom. The maximum absolute atomic E-state index is 11.4. The molecule has 0 saturated heterocycles. The van der Waals surface area contributed by atoms with E-state index in [9.17, 15) is 9.90 Å². The smallest absolute Gasteiger partial charge is 0.358 e. The SMILES string of the molecule is CC(c1ccccc1)n1nnc(C(=O)O)c1-c1cccnc1. The fraction of sp³-hybridized carbons (Fsp3) is 0.125. The number of hydrogen-bond donors (Lipinski definition) is 1. The summed E-state index contributed by atoms with van der Waals surface area (Å²) in [6.45, 7) is 1.95. The molecule has 22 heavy (non-hydrogen) atoms. The van der Waals surface area contributed by atoms with Gasteiger partial charge in [-0.2, -0.15) is 0 Å². The summed E-state index contributed by atoms with van der Waals surface area (Å²) in [7, 11) is 0. The number of hydrogen-bond acceptors (Lipinski definition) is 4. The number of carbonyl (C=O) groups is 1. The van der Waals surface area contributed by atoms with E-state index in [1.807, 2.05) is 37.3 Å². The van der Waals surface area contributed by atoms with Gasteiger partial charge in [0.15, 0.2) is 5.69 Å². The first-order valence-electron chi connectivity index (χ1n) is 6.82. The minimum absolute atomic E-state index is 0.0734. The Labute approximate surface area is 127 Å². The van der Waals surface area contributed by atoms with Crippen LogP contribution in [0, 0.1) is 0 Å². The number of pyridine rings is 1. The topological polar surface area (TPSA) is 80.9 Å². The van der Waals surface area contributed by atoms with Crippen molar-refractivity contribution in [2.75, 3.05) is 0 Å². The first-order chi connectivity index (χ1) is 10.7. The molecule has 1 unspecified atom stereocenters. The monoisotopic (exact) mass is 294 g/mol. The van der Waals surface area contributed by atoms with Gasteiger partial charge in [-0.05, 0) is 24.6 Å². The first kappa shape index (κ1) is 13.9. The fourth-order valence-electron chi connectivity index (χ4n) is 2.35. The molecule has 1 atom stereocenters. The second kappa shape index (κ2) is 5.77. The maximum atomic E-state index is 11.4. The zero-order valence-corrected chi connectivity index (χ0v) is 11.9. The number of aromatic nitrogens is 4. The van der Waals surface area contributed by atoms with Gasteiger partial charge >= 0.3 is 5.97 Å². The predicted molar refractivity (Wildman–Crippen MR) is 80.5 cm³/mol. The van der Waals surface area contributed by atoms with Crippen molar-refractivity contribution < 1.29 is 9.90 Å². The van der Waals surface area contributed by atoms with Gasteiger partial charge in [0, 0.05) is 18.0 Å². The van der Waals surface area contributed by atoms with E-state index in [4.69, 9.17) is 0 Å². The van der Waals surface area contributed by atoms with Crippen LogP contribution >= 0.6 is 0 Å². The van der Waals surface area contributed by atoms with E-state index in [-0.39, 0.29) is 11.7 Å². The lowest BCUT2D eigenvalue weighted by Gasteiger charge is -2.15. The van der Waals surface area contributed by atoms with Crippen LogP contribution in [0.3, 0.4) is 0 Å². The van der Waals surface area contributed by atoms with E-state index in [2.05, 4.69) is 15.3 Å². The van der Waals surface area contributed by atoms with E-state index >= 15 is 0 Å². The molecule has 3 rings (SSSR count). The highest BCUT2D eigenvalue weighted by Crippen LogP contribution is 2.27. The van der Waals surface area contributed by atoms with Crippen molar-refractivity contribution in [2.24, 2.45) is 0 Å². The molecule has 0 aliphatic rings. The van der Waals surface area contributed by atoms with Gasteiger partial charge in [-0.25, -0.2) is 9.48 Å². The molecule has 0 aliphatic carbocycles. The van der Waals surface area contributed by atoms with E-state index in [1.54, 1.807) is 29.2 Å². The van der Waals surface area contributed by atoms with Crippen molar-refractivity contribution in [3.63, 3.8) is 0 Å². The lowest BCUT2D eigenvalue weighted by Crippen LogP contribution is -2.11. The van der Waals surface area contributed by atoms with Gasteiger partial charge in [0.1, 0.15) is 5.69 Å². The van der Waals surface area contributed by atoms with Crippen molar-refractivity contribution in [3.05, 3.63) is 66.1 Å². The number of rotatable bonds is 4. The van der Waals surface area contributed by atoms with Crippen LogP contribution in [0.2, 0.25) is 0 Å². The third-order valence-electron chi connectivity index (χ3n) is 3.48. The maximum Gasteiger partial charge on any atom is 0.358 e. The second-order valence-electron chi connectivity index (χ2n) is 4.86. The summed E-state index contributed by atoms with van der Waals surface area (Å²) in [6.07, 6.45) is 3.25. The molecule has 1 aromatic carbocycles. The molecule has 2 heterocycles. The zero-order valence-electron chi connectivity index (χ0n) is 11.9. The van der Waals surface area contributed by atoms with Crippen molar-refractivity contribution in [1.29, 1.82) is 0 Å². The molecule has 0 fully saturated rings. The molecule has 0 saturated carbocycles. The Morgan fingerprint density at radius 3 is 2.59 bits per heavy atom. The second-order valence-corrected chi connectivity index (χ2v) is 4.86. The summed E-state index contributed by atoms with van der Waals surface area (Å²) in [4.78, 5) is 15.5. The van der Waals surface area contributed by atoms with Gasteiger partial charge in [0.25, 0.3) is 0 Å². The molecule has 0 amide bonds. The average molecular weight is 294 g/mol. The Morgan fingerprint density at radius 2 is 1.95 bits per heavy atom. The van der Waals surface area contributed by atoms with Gasteiger partial charge in [0.2, 0.25) is 0 Å². The minimum Gasteiger partial charge on any atom is -0.476 e. The minimum atomic E-state index is -1.11. The van der Waals surface area contributed by atoms with Crippen LogP contribution in [-0.4, -0.2) is 31.1 Å². The lowest BCUT2D eigenvalue weighted by molar-refractivity contribution is 0.0691. The van der Waals surface area contributed by atoms with Gasteiger partial charge in [-0.15, -0.1) is 5.10 Å². The molecule has 3 aromatic rings. The number of aromatic carboxylic acids is 1. The van der Waals surface area contributed by atoms with Crippen LogP contribution in [0.25, 0.3) is 11.3 Å². The van der Waals surface area contributed by atoms with Crippen molar-refractivity contribution >= 4 is 5.97 Å². The van der Waals surface area contributed by atoms with Gasteiger partial charge in [0.05, 0.1) is 6.04 Å². The summed E-state index contributed by atoms with van der Waals surface area (Å²) >= 11 is 0. The van der Waals surface area contributed by atoms with Gasteiger partial charge in [-0.1, -0.05) is 35.5 Å². The lowest BCUT2D eigenvalue weighted by atomic mass is 10.1. The Balaban J connectivity index is 2.15. The Kier molecular flexibility index (Phi) is 3.65. The average Bonchev–Trinajstić information content (AvgIpc) is 3.01. The quantitative estimate of drug-likeness (QED) is 0.800. The Bertz CT molecular complexity index is 784. The molecule has 6 heteroatoms. The highest BCUT2D eigenvalue weighted by Gasteiger charge is 2.23. The van der Waals surface area contributed by atoms with Crippen molar-refractivity contribution in [1.82, 2.24) is 20.0 Å². The summed E-state index contributed by atoms with van der Waals surface area (Å²) < 4.78 is 1.62. The number of nitrogens with zero attached hydrogens (tertiary/aromatic N) is 4. The first-order valence-corrected chi connectivity index (χ1v) is 6.82. The fourth-order valence-corrected chi connectivity index (χ4v) is 2.35. The van der Waals surface area contributed by atoms with Crippen LogP contribution in [0.4, 0.5) is 0 Å². The molecule has 1 N–H and O–H groups in total. The predicted octanol–water partition coefficient (Wildman–Crippen LogP) is 2.65. The van der Waals surface area contributed by atoms with Gasteiger partial charge < -0.3 is 5.11 Å². The highest BCUT2D eigenvalue weighted by molar-refractivity contribution is 5.92. The summed E-state index contributed by atoms with van der Waals surface area (Å²) in [5.41, 5.74) is 2.08. The van der Waals surface area contributed by atoms with Crippen molar-refractivity contribution in [3.8, 4) is 11.3 Å². The van der Waals surface area contributed by atoms with Gasteiger partial charge in [-0.3, -0.25) is 4.98 Å². The highest BCUT2D eigenvalue weighted by atomic mass is 16.4. The standard InChI is InChI=1S/C16H14N4O2/c1-11(12-6-3-2-4-7-12)20-15(13-8-5-9-17-10-13)14(16(21)22)18-19-20/h2-11H,1H3,(H,21,22). The molecule has 0 aliphatic heterocycles. The summed E-state index contributed by atoms with van der Waals surface area (Å²) in [5.74, 6) is -1.11. The third-order valence-corrected chi connectivity index (χ3v) is 3.48. The van der Waals surface area contributed by atoms with E-state index in [1.165, 1.54) is 0 Å². The van der Waals surface area contributed by atoms with E-state index in [0.717, 1.165) is 5.56 Å². The largest absolute Gasteiger partial charge is 0.476 e. The molecule has 110 valence electrons. The molecule has 6 nitrogen and oxygen atoms in total. The van der Waals surface area contributed by atoms with Crippen LogP contribution in [0.5, 0.6) is 0 Å². The van der Waals surface area contributed by atoms with E-state index in [0.29, 0.717) is 11.3 Å². The van der Waals surface area contributed by atoms with Crippen molar-refractivity contribution in [2.45, 2.75) is 13.0 Å². The normalized spacial score (nSPS) is 12.0. The summed E-state index contributed by atoms with van der Waals surface area (Å²) in [5, 5.41) is 17.2. The number of carboxylic acids is 1. The zero-order chi connectivity index (χ0) is 15.5. The van der Waals surface area contributed by atoms with E-state index < -0.39 is 5.97 Å². The molecule has 0 radical (unpaired) electrons. The molecule has 0 bridgehead atoms. The third kappa shape index (κ3) is 2.46. The number of benzene rings is 1. The molecular weight excluding hydrogens is 280 g/mol. The number of carboxylic acid groups (broad SMARTS) is 1. The van der Waals surface area contributed by atoms with Crippen LogP contribution in [0.1, 0.15) is 29.0 Å². The molecule has 0 spiro atoms. The van der Waals surface area contributed by atoms with Crippen LogP contribution in [0.15, 0.2) is 54.9 Å². The Hall–Kier alpha value is -3.02. The van der Waals surface area contributed by atoms with Crippen LogP contribution in [-0.2, 0) is 0 Å². The summed E-state index contributed by atoms with van der Waals surface area (Å²) in [6, 6.07) is 13.2. The van der Waals surface area contributed by atoms with Crippen LogP contribution < -0.4 is 0 Å². The molecule has 2 aromatic heterocycles.